The van der Waals surface area contributed by atoms with Gasteiger partial charge in [-0.1, -0.05) is 6.42 Å². The number of aromatic nitrogens is 4. The molecular weight excluding hydrogens is 461 g/mol. The minimum atomic E-state index is -0.481. The van der Waals surface area contributed by atoms with Gasteiger partial charge >= 0.3 is 0 Å². The lowest BCUT2D eigenvalue weighted by Gasteiger charge is -2.26. The molecule has 1 aliphatic rings. The minimum absolute atomic E-state index is 0.124. The highest BCUT2D eigenvalue weighted by Gasteiger charge is 2.19. The summed E-state index contributed by atoms with van der Waals surface area (Å²) in [7, 11) is 1.51. The van der Waals surface area contributed by atoms with E-state index in [2.05, 4.69) is 35.7 Å². The van der Waals surface area contributed by atoms with Crippen LogP contribution in [0.5, 0.6) is 0 Å². The molecule has 4 aromatic rings. The maximum absolute atomic E-state index is 15.1. The number of nitrogens with one attached hydrogen (secondary N) is 3. The fourth-order valence-electron chi connectivity index (χ4n) is 4.45. The molecule has 0 unspecified atom stereocenters. The van der Waals surface area contributed by atoms with E-state index in [4.69, 9.17) is 0 Å². The molecule has 1 aliphatic heterocycles. The quantitative estimate of drug-likeness (QED) is 0.381. The van der Waals surface area contributed by atoms with Crippen LogP contribution < -0.4 is 10.6 Å². The molecule has 0 atom stereocenters. The number of carbonyl (C=O) groups excluding carboxylic acids is 2. The maximum atomic E-state index is 15.1. The highest BCUT2D eigenvalue weighted by Crippen LogP contribution is 2.29. The van der Waals surface area contributed by atoms with Gasteiger partial charge in [-0.25, -0.2) is 9.37 Å². The zero-order valence-electron chi connectivity index (χ0n) is 19.8. The average molecular weight is 488 g/mol. The highest BCUT2D eigenvalue weighted by atomic mass is 19.1. The van der Waals surface area contributed by atoms with Gasteiger partial charge in [-0.15, -0.1) is 0 Å². The standard InChI is InChI=1S/C26H26FN7O2/c1-28-25(35)22-6-5-18(14-30-22)31-26(36)24-20-10-19(21(27)11-23(20)32-33-24)17-9-16(12-29-13-17)15-34-7-3-2-4-8-34/h5-6,9-14H,2-4,7-8,15H2,1H3,(H,28,35)(H,31,36)(H,32,33). The van der Waals surface area contributed by atoms with Crippen molar-refractivity contribution in [1.29, 1.82) is 0 Å². The van der Waals surface area contributed by atoms with Crippen molar-refractivity contribution in [1.82, 2.24) is 30.4 Å². The van der Waals surface area contributed by atoms with Crippen LogP contribution in [0.25, 0.3) is 22.0 Å². The fourth-order valence-corrected chi connectivity index (χ4v) is 4.45. The topological polar surface area (TPSA) is 116 Å². The van der Waals surface area contributed by atoms with Crippen LogP contribution in [0.2, 0.25) is 0 Å². The van der Waals surface area contributed by atoms with Crippen molar-refractivity contribution in [3.8, 4) is 11.1 Å². The number of anilines is 1. The Morgan fingerprint density at radius 2 is 1.89 bits per heavy atom. The first-order valence-electron chi connectivity index (χ1n) is 11.9. The average Bonchev–Trinajstić information content (AvgIpc) is 3.31. The van der Waals surface area contributed by atoms with Crippen LogP contribution >= 0.6 is 0 Å². The van der Waals surface area contributed by atoms with Gasteiger partial charge in [-0.3, -0.25) is 24.6 Å². The Labute approximate surface area is 207 Å². The van der Waals surface area contributed by atoms with Crippen LogP contribution in [-0.4, -0.2) is 57.0 Å². The Hall–Kier alpha value is -4.18. The van der Waals surface area contributed by atoms with Gasteiger partial charge in [0, 0.05) is 48.6 Å². The first-order valence-corrected chi connectivity index (χ1v) is 11.9. The molecule has 3 aromatic heterocycles. The monoisotopic (exact) mass is 487 g/mol. The summed E-state index contributed by atoms with van der Waals surface area (Å²) < 4.78 is 15.1. The van der Waals surface area contributed by atoms with E-state index >= 15 is 4.39 Å². The number of hydrogen-bond acceptors (Lipinski definition) is 6. The molecule has 0 aliphatic carbocycles. The van der Waals surface area contributed by atoms with E-state index in [0.29, 0.717) is 27.7 Å². The summed E-state index contributed by atoms with van der Waals surface area (Å²) >= 11 is 0. The summed E-state index contributed by atoms with van der Waals surface area (Å²) in [6, 6.07) is 8.00. The molecule has 184 valence electrons. The van der Waals surface area contributed by atoms with Crippen molar-refractivity contribution in [2.24, 2.45) is 0 Å². The third-order valence-electron chi connectivity index (χ3n) is 6.31. The number of hydrogen-bond donors (Lipinski definition) is 3. The Morgan fingerprint density at radius 3 is 2.64 bits per heavy atom. The molecule has 36 heavy (non-hydrogen) atoms. The molecule has 10 heteroatoms. The number of rotatable bonds is 6. The van der Waals surface area contributed by atoms with Crippen molar-refractivity contribution in [3.63, 3.8) is 0 Å². The zero-order valence-corrected chi connectivity index (χ0v) is 19.8. The highest BCUT2D eigenvalue weighted by molar-refractivity contribution is 6.11. The number of nitrogens with zero attached hydrogens (tertiary/aromatic N) is 4. The summed E-state index contributed by atoms with van der Waals surface area (Å²) in [6.45, 7) is 2.89. The second kappa shape index (κ2) is 10.2. The van der Waals surface area contributed by atoms with Gasteiger partial charge in [-0.05, 0) is 55.8 Å². The first-order chi connectivity index (χ1) is 17.5. The van der Waals surface area contributed by atoms with Crippen molar-refractivity contribution in [2.45, 2.75) is 25.8 Å². The van der Waals surface area contributed by atoms with E-state index in [1.807, 2.05) is 12.3 Å². The van der Waals surface area contributed by atoms with Gasteiger partial charge < -0.3 is 10.6 Å². The number of carbonyl (C=O) groups is 2. The van der Waals surface area contributed by atoms with Crippen LogP contribution in [0.1, 0.15) is 45.8 Å². The Bertz CT molecular complexity index is 1410. The molecule has 1 aromatic carbocycles. The molecule has 0 bridgehead atoms. The predicted octanol–water partition coefficient (Wildman–Crippen LogP) is 3.76. The molecule has 4 heterocycles. The Balaban J connectivity index is 1.40. The Kier molecular flexibility index (Phi) is 6.68. The van der Waals surface area contributed by atoms with Crippen molar-refractivity contribution in [2.75, 3.05) is 25.5 Å². The molecule has 5 rings (SSSR count). The van der Waals surface area contributed by atoms with E-state index in [0.717, 1.165) is 25.2 Å². The number of fused-ring (bicyclic) bond motifs is 1. The number of H-pyrrole nitrogens is 1. The van der Waals surface area contributed by atoms with E-state index in [1.54, 1.807) is 18.3 Å². The van der Waals surface area contributed by atoms with Crippen LogP contribution in [-0.2, 0) is 6.54 Å². The molecule has 0 radical (unpaired) electrons. The number of piperidine rings is 1. The van der Waals surface area contributed by atoms with Crippen LogP contribution in [0.4, 0.5) is 10.1 Å². The van der Waals surface area contributed by atoms with Crippen molar-refractivity contribution < 1.29 is 14.0 Å². The van der Waals surface area contributed by atoms with Gasteiger partial charge in [0.25, 0.3) is 11.8 Å². The number of amides is 2. The smallest absolute Gasteiger partial charge is 0.276 e. The fraction of sp³-hybridized carbons (Fsp3) is 0.269. The number of aromatic amines is 1. The molecule has 1 saturated heterocycles. The van der Waals surface area contributed by atoms with Gasteiger partial charge in [0.05, 0.1) is 17.4 Å². The van der Waals surface area contributed by atoms with Crippen molar-refractivity contribution >= 4 is 28.4 Å². The first kappa shape index (κ1) is 23.6. The summed E-state index contributed by atoms with van der Waals surface area (Å²) in [4.78, 5) is 35.4. The molecule has 3 N–H and O–H groups in total. The van der Waals surface area contributed by atoms with Gasteiger partial charge in [0.15, 0.2) is 5.69 Å². The SMILES string of the molecule is CNC(=O)c1ccc(NC(=O)c2n[nH]c3cc(F)c(-c4cncc(CN5CCCCC5)c4)cc23)cn1. The van der Waals surface area contributed by atoms with E-state index in [-0.39, 0.29) is 17.3 Å². The number of benzene rings is 1. The summed E-state index contributed by atoms with van der Waals surface area (Å²) in [5.74, 6) is -1.23. The number of pyridine rings is 2. The minimum Gasteiger partial charge on any atom is -0.354 e. The molecule has 1 fully saturated rings. The predicted molar refractivity (Wildman–Crippen MR) is 134 cm³/mol. The van der Waals surface area contributed by atoms with Gasteiger partial charge in [-0.2, -0.15) is 5.10 Å². The summed E-state index contributed by atoms with van der Waals surface area (Å²) in [5.41, 5.74) is 3.18. The maximum Gasteiger partial charge on any atom is 0.276 e. The third kappa shape index (κ3) is 4.94. The second-order valence-corrected chi connectivity index (χ2v) is 8.83. The van der Waals surface area contributed by atoms with Crippen LogP contribution in [0.15, 0.2) is 48.9 Å². The molecular formula is C26H26FN7O2. The lowest BCUT2D eigenvalue weighted by Crippen LogP contribution is -2.29. The number of halogens is 1. The molecule has 9 nitrogen and oxygen atoms in total. The Morgan fingerprint density at radius 1 is 1.06 bits per heavy atom. The molecule has 0 saturated carbocycles. The van der Waals surface area contributed by atoms with Crippen LogP contribution in [0.3, 0.4) is 0 Å². The van der Waals surface area contributed by atoms with Crippen molar-refractivity contribution in [3.05, 3.63) is 71.7 Å². The van der Waals surface area contributed by atoms with Gasteiger partial charge in [0.1, 0.15) is 11.5 Å². The summed E-state index contributed by atoms with van der Waals surface area (Å²) in [6.07, 6.45) is 8.48. The van der Waals surface area contributed by atoms with Gasteiger partial charge in [0.2, 0.25) is 0 Å². The molecule has 2 amide bonds. The number of likely N-dealkylation sites (tertiary alicyclic amines) is 1. The third-order valence-corrected chi connectivity index (χ3v) is 6.31. The van der Waals surface area contributed by atoms with Crippen LogP contribution in [0, 0.1) is 5.82 Å². The lowest BCUT2D eigenvalue weighted by molar-refractivity contribution is 0.0957. The normalized spacial score (nSPS) is 14.1. The van der Waals surface area contributed by atoms with E-state index in [9.17, 15) is 9.59 Å². The lowest BCUT2D eigenvalue weighted by atomic mass is 10.0. The zero-order chi connectivity index (χ0) is 25.1. The largest absolute Gasteiger partial charge is 0.354 e. The van der Waals surface area contributed by atoms with E-state index < -0.39 is 11.7 Å². The summed E-state index contributed by atoms with van der Waals surface area (Å²) in [5, 5.41) is 12.5. The molecule has 0 spiro atoms. The van der Waals surface area contributed by atoms with E-state index in [1.165, 1.54) is 44.6 Å². The second-order valence-electron chi connectivity index (χ2n) is 8.83.